The Morgan fingerprint density at radius 1 is 1.38 bits per heavy atom. The third-order valence-electron chi connectivity index (χ3n) is 4.54. The predicted octanol–water partition coefficient (Wildman–Crippen LogP) is 3.55. The van der Waals surface area contributed by atoms with Crippen molar-refractivity contribution < 1.29 is 5.11 Å². The van der Waals surface area contributed by atoms with Gasteiger partial charge in [0.25, 0.3) is 0 Å². The lowest BCUT2D eigenvalue weighted by atomic mass is 9.85. The van der Waals surface area contributed by atoms with E-state index in [1.165, 1.54) is 18.4 Å². The Kier molecular flexibility index (Phi) is 3.25. The first kappa shape index (κ1) is 11.9. The fraction of sp³-hybridized carbons (Fsp3) is 0.733. The van der Waals surface area contributed by atoms with E-state index in [-0.39, 0.29) is 6.10 Å². The van der Waals surface area contributed by atoms with Crippen LogP contribution in [0.5, 0.6) is 0 Å². The van der Waals surface area contributed by atoms with Crippen LogP contribution in [-0.4, -0.2) is 11.2 Å². The van der Waals surface area contributed by atoms with Gasteiger partial charge in [0.1, 0.15) is 0 Å². The molecular weight excluding hydrogens is 196 g/mol. The molecule has 0 radical (unpaired) electrons. The molecule has 16 heavy (non-hydrogen) atoms. The fourth-order valence-corrected chi connectivity index (χ4v) is 3.28. The molecule has 1 fully saturated rings. The Labute approximate surface area is 99.3 Å². The highest BCUT2D eigenvalue weighted by Crippen LogP contribution is 2.46. The van der Waals surface area contributed by atoms with Gasteiger partial charge in [-0.05, 0) is 48.5 Å². The third kappa shape index (κ3) is 1.98. The lowest BCUT2D eigenvalue weighted by Crippen LogP contribution is -2.18. The normalized spacial score (nSPS) is 39.6. The number of rotatable bonds is 1. The topological polar surface area (TPSA) is 20.2 Å². The number of fused-ring (bicyclic) bond motifs is 1. The van der Waals surface area contributed by atoms with Crippen molar-refractivity contribution in [2.24, 2.45) is 23.7 Å². The second-order valence-electron chi connectivity index (χ2n) is 5.93. The molecule has 0 saturated heterocycles. The molecule has 0 spiro atoms. The van der Waals surface area contributed by atoms with E-state index in [2.05, 4.69) is 33.4 Å². The van der Waals surface area contributed by atoms with Gasteiger partial charge in [-0.25, -0.2) is 0 Å². The van der Waals surface area contributed by atoms with Gasteiger partial charge < -0.3 is 5.11 Å². The summed E-state index contributed by atoms with van der Waals surface area (Å²) in [6, 6.07) is 0. The Morgan fingerprint density at radius 2 is 2.06 bits per heavy atom. The lowest BCUT2D eigenvalue weighted by molar-refractivity contribution is 0.195. The van der Waals surface area contributed by atoms with E-state index < -0.39 is 0 Å². The van der Waals surface area contributed by atoms with Crippen LogP contribution >= 0.6 is 0 Å². The van der Waals surface area contributed by atoms with Gasteiger partial charge in [-0.2, -0.15) is 0 Å². The van der Waals surface area contributed by atoms with Crippen LogP contribution in [0.1, 0.15) is 40.0 Å². The van der Waals surface area contributed by atoms with Crippen molar-refractivity contribution >= 4 is 0 Å². The minimum Gasteiger partial charge on any atom is -0.388 e. The first-order valence-electron chi connectivity index (χ1n) is 6.58. The smallest absolute Gasteiger partial charge is 0.0787 e. The molecule has 0 aromatic carbocycles. The number of hydrogen-bond donors (Lipinski definition) is 1. The zero-order valence-corrected chi connectivity index (χ0v) is 10.7. The van der Waals surface area contributed by atoms with E-state index in [4.69, 9.17) is 0 Å². The van der Waals surface area contributed by atoms with Crippen molar-refractivity contribution in [2.45, 2.75) is 46.1 Å². The first-order chi connectivity index (χ1) is 7.50. The molecular formula is C15H24O. The van der Waals surface area contributed by atoms with Crippen LogP contribution in [0.4, 0.5) is 0 Å². The van der Waals surface area contributed by atoms with E-state index in [1.807, 2.05) is 0 Å². The summed E-state index contributed by atoms with van der Waals surface area (Å²) in [5.74, 6) is 2.46. The van der Waals surface area contributed by atoms with Crippen molar-refractivity contribution in [1.29, 1.82) is 0 Å². The highest BCUT2D eigenvalue weighted by Gasteiger charge is 2.38. The molecule has 1 N–H and O–H groups in total. The van der Waals surface area contributed by atoms with Gasteiger partial charge in [0.15, 0.2) is 0 Å². The number of aliphatic hydroxyl groups is 1. The molecule has 0 heterocycles. The van der Waals surface area contributed by atoms with Crippen molar-refractivity contribution in [3.05, 3.63) is 23.8 Å². The summed E-state index contributed by atoms with van der Waals surface area (Å²) in [5, 5.41) is 10.2. The summed E-state index contributed by atoms with van der Waals surface area (Å²) in [5.41, 5.74) is 2.51. The summed E-state index contributed by atoms with van der Waals surface area (Å²) in [6.45, 7) is 10.9. The lowest BCUT2D eigenvalue weighted by Gasteiger charge is -2.21. The van der Waals surface area contributed by atoms with E-state index in [0.29, 0.717) is 17.8 Å². The molecule has 0 bridgehead atoms. The molecule has 2 aliphatic carbocycles. The third-order valence-corrected chi connectivity index (χ3v) is 4.54. The van der Waals surface area contributed by atoms with Gasteiger partial charge in [-0.3, -0.25) is 0 Å². The second kappa shape index (κ2) is 4.37. The maximum Gasteiger partial charge on any atom is 0.0787 e. The quantitative estimate of drug-likeness (QED) is 0.670. The van der Waals surface area contributed by atoms with Gasteiger partial charge in [0.05, 0.1) is 6.10 Å². The highest BCUT2D eigenvalue weighted by atomic mass is 16.3. The summed E-state index contributed by atoms with van der Waals surface area (Å²) >= 11 is 0. The summed E-state index contributed by atoms with van der Waals surface area (Å²) < 4.78 is 0. The van der Waals surface area contributed by atoms with Crippen LogP contribution in [0.25, 0.3) is 0 Å². The SMILES string of the molecule is C=C1[C@@H](O)CC(C(C)C)=C[C@@H]2[C@@H](C)CC[C@@H]12. The maximum atomic E-state index is 10.2. The van der Waals surface area contributed by atoms with Crippen LogP contribution < -0.4 is 0 Å². The Hall–Kier alpha value is -0.560. The summed E-state index contributed by atoms with van der Waals surface area (Å²) in [4.78, 5) is 0. The van der Waals surface area contributed by atoms with Crippen LogP contribution in [-0.2, 0) is 0 Å². The molecule has 1 nitrogen and oxygen atoms in total. The number of allylic oxidation sites excluding steroid dienone is 1. The number of hydrogen-bond acceptors (Lipinski definition) is 1. The molecule has 2 aliphatic rings. The molecule has 0 aliphatic heterocycles. The molecule has 0 aromatic heterocycles. The first-order valence-corrected chi connectivity index (χ1v) is 6.58. The Bertz CT molecular complexity index is 313. The van der Waals surface area contributed by atoms with Gasteiger partial charge in [0.2, 0.25) is 0 Å². The van der Waals surface area contributed by atoms with Crippen molar-refractivity contribution in [2.75, 3.05) is 0 Å². The molecule has 1 saturated carbocycles. The van der Waals surface area contributed by atoms with Crippen LogP contribution in [0.3, 0.4) is 0 Å². The van der Waals surface area contributed by atoms with E-state index in [1.54, 1.807) is 0 Å². The molecule has 4 atom stereocenters. The molecule has 90 valence electrons. The monoisotopic (exact) mass is 220 g/mol. The van der Waals surface area contributed by atoms with Gasteiger partial charge in [-0.15, -0.1) is 0 Å². The van der Waals surface area contributed by atoms with Crippen molar-refractivity contribution in [3.63, 3.8) is 0 Å². The Morgan fingerprint density at radius 3 is 2.69 bits per heavy atom. The molecule has 0 amide bonds. The van der Waals surface area contributed by atoms with Gasteiger partial charge in [-0.1, -0.05) is 39.0 Å². The van der Waals surface area contributed by atoms with Crippen LogP contribution in [0.15, 0.2) is 23.8 Å². The summed E-state index contributed by atoms with van der Waals surface area (Å²) in [6.07, 6.45) is 5.44. The van der Waals surface area contributed by atoms with Crippen LogP contribution in [0.2, 0.25) is 0 Å². The molecule has 2 rings (SSSR count). The van der Waals surface area contributed by atoms with E-state index in [0.717, 1.165) is 17.9 Å². The van der Waals surface area contributed by atoms with Crippen molar-refractivity contribution in [3.8, 4) is 0 Å². The minimum absolute atomic E-state index is 0.311. The van der Waals surface area contributed by atoms with Crippen LogP contribution in [0, 0.1) is 23.7 Å². The largest absolute Gasteiger partial charge is 0.388 e. The fourth-order valence-electron chi connectivity index (χ4n) is 3.28. The second-order valence-corrected chi connectivity index (χ2v) is 5.93. The average molecular weight is 220 g/mol. The average Bonchev–Trinajstić information content (AvgIpc) is 2.51. The standard InChI is InChI=1S/C15H24O/c1-9(2)12-7-14-10(3)5-6-13(14)11(4)15(16)8-12/h7,9-10,13-16H,4-6,8H2,1-3H3/t10-,13-,14+,15-/m0/s1. The van der Waals surface area contributed by atoms with E-state index >= 15 is 0 Å². The minimum atomic E-state index is -0.311. The highest BCUT2D eigenvalue weighted by molar-refractivity contribution is 5.24. The zero-order chi connectivity index (χ0) is 11.9. The Balaban J connectivity index is 2.32. The van der Waals surface area contributed by atoms with Gasteiger partial charge in [0, 0.05) is 0 Å². The van der Waals surface area contributed by atoms with Crippen molar-refractivity contribution in [1.82, 2.24) is 0 Å². The number of aliphatic hydroxyl groups excluding tert-OH is 1. The maximum absolute atomic E-state index is 10.2. The zero-order valence-electron chi connectivity index (χ0n) is 10.7. The predicted molar refractivity (Wildman–Crippen MR) is 68.1 cm³/mol. The molecule has 0 unspecified atom stereocenters. The summed E-state index contributed by atoms with van der Waals surface area (Å²) in [7, 11) is 0. The molecule has 0 aromatic rings. The van der Waals surface area contributed by atoms with E-state index in [9.17, 15) is 5.11 Å². The molecule has 1 heteroatoms. The van der Waals surface area contributed by atoms with Gasteiger partial charge >= 0.3 is 0 Å².